The first-order valence-corrected chi connectivity index (χ1v) is 9.08. The Hall–Kier alpha value is -2.36. The Labute approximate surface area is 149 Å². The highest BCUT2D eigenvalue weighted by molar-refractivity contribution is 5.74. The van der Waals surface area contributed by atoms with Crippen LogP contribution in [-0.4, -0.2) is 10.5 Å². The maximum absolute atomic E-state index is 11.1. The van der Waals surface area contributed by atoms with Gasteiger partial charge in [0.05, 0.1) is 4.92 Å². The molecule has 0 aliphatic carbocycles. The zero-order chi connectivity index (χ0) is 18.2. The Morgan fingerprint density at radius 2 is 1.68 bits per heavy atom. The Balaban J connectivity index is 2.14. The maximum Gasteiger partial charge on any atom is 0.270 e. The molecular formula is C21H26N2O2. The number of nitrogens with zero attached hydrogens (tertiary/aromatic N) is 1. The molecule has 3 rings (SSSR count). The van der Waals surface area contributed by atoms with Crippen LogP contribution in [0, 0.1) is 10.1 Å². The molecule has 0 saturated carbocycles. The van der Waals surface area contributed by atoms with E-state index in [0.29, 0.717) is 0 Å². The summed E-state index contributed by atoms with van der Waals surface area (Å²) >= 11 is 0. The molecule has 2 aromatic carbocycles. The second-order valence-corrected chi connectivity index (χ2v) is 7.17. The third-order valence-electron chi connectivity index (χ3n) is 6.31. The molecule has 1 N–H and O–H groups in total. The fourth-order valence-corrected chi connectivity index (χ4v) is 4.58. The van der Waals surface area contributed by atoms with Gasteiger partial charge in [0.2, 0.25) is 0 Å². The van der Waals surface area contributed by atoms with Gasteiger partial charge in [-0.05, 0) is 55.0 Å². The number of nitro groups is 1. The average Bonchev–Trinajstić information content (AvgIpc) is 2.89. The van der Waals surface area contributed by atoms with E-state index >= 15 is 0 Å². The van der Waals surface area contributed by atoms with E-state index in [9.17, 15) is 10.1 Å². The van der Waals surface area contributed by atoms with Crippen molar-refractivity contribution in [1.82, 2.24) is 0 Å². The van der Waals surface area contributed by atoms with Crippen molar-refractivity contribution in [3.63, 3.8) is 0 Å². The highest BCUT2D eigenvalue weighted by atomic mass is 16.6. The summed E-state index contributed by atoms with van der Waals surface area (Å²) in [5, 5.41) is 14.8. The predicted octanol–water partition coefficient (Wildman–Crippen LogP) is 5.91. The molecule has 1 aliphatic heterocycles. The number of nitro benzene ring substituents is 1. The van der Waals surface area contributed by atoms with Crippen molar-refractivity contribution >= 4 is 11.4 Å². The van der Waals surface area contributed by atoms with Crippen molar-refractivity contribution < 1.29 is 4.92 Å². The smallest absolute Gasteiger partial charge is 0.270 e. The Kier molecular flexibility index (Phi) is 4.31. The van der Waals surface area contributed by atoms with Crippen LogP contribution in [0.3, 0.4) is 0 Å². The minimum absolute atomic E-state index is 0.0279. The standard InChI is InChI=1S/C21H26N2O2/c1-5-20(4)21(6-2,7-3)18-14-16(11-12-19(18)22-20)15-9-8-10-17(13-15)23(24)25/h8-14,22H,5-7H2,1-4H3. The highest BCUT2D eigenvalue weighted by Crippen LogP contribution is 2.53. The highest BCUT2D eigenvalue weighted by Gasteiger charge is 2.51. The monoisotopic (exact) mass is 338 g/mol. The molecule has 0 spiro atoms. The number of hydrogen-bond donors (Lipinski definition) is 1. The molecule has 4 nitrogen and oxygen atoms in total. The molecule has 0 bridgehead atoms. The van der Waals surface area contributed by atoms with Crippen LogP contribution in [-0.2, 0) is 5.41 Å². The molecule has 25 heavy (non-hydrogen) atoms. The molecule has 1 aliphatic rings. The normalized spacial score (nSPS) is 20.8. The predicted molar refractivity (Wildman–Crippen MR) is 103 cm³/mol. The van der Waals surface area contributed by atoms with E-state index in [1.54, 1.807) is 12.1 Å². The number of benzene rings is 2. The summed E-state index contributed by atoms with van der Waals surface area (Å²) in [7, 11) is 0. The first-order valence-electron chi connectivity index (χ1n) is 9.08. The average molecular weight is 338 g/mol. The van der Waals surface area contributed by atoms with Gasteiger partial charge in [-0.15, -0.1) is 0 Å². The van der Waals surface area contributed by atoms with Gasteiger partial charge in [0.25, 0.3) is 5.69 Å². The number of fused-ring (bicyclic) bond motifs is 1. The number of hydrogen-bond acceptors (Lipinski definition) is 3. The molecule has 0 radical (unpaired) electrons. The van der Waals surface area contributed by atoms with Gasteiger partial charge in [0, 0.05) is 28.8 Å². The van der Waals surface area contributed by atoms with Gasteiger partial charge in [-0.1, -0.05) is 39.0 Å². The molecule has 1 atom stereocenters. The number of nitrogens with one attached hydrogen (secondary N) is 1. The second kappa shape index (κ2) is 6.17. The quantitative estimate of drug-likeness (QED) is 0.544. The van der Waals surface area contributed by atoms with Crippen LogP contribution >= 0.6 is 0 Å². The van der Waals surface area contributed by atoms with Crippen molar-refractivity contribution in [2.24, 2.45) is 0 Å². The zero-order valence-electron chi connectivity index (χ0n) is 15.4. The topological polar surface area (TPSA) is 55.2 Å². The van der Waals surface area contributed by atoms with Crippen LogP contribution < -0.4 is 5.32 Å². The van der Waals surface area contributed by atoms with Crippen LogP contribution in [0.4, 0.5) is 11.4 Å². The van der Waals surface area contributed by atoms with Crippen LogP contribution in [0.5, 0.6) is 0 Å². The molecule has 2 aromatic rings. The summed E-state index contributed by atoms with van der Waals surface area (Å²) in [6.07, 6.45) is 3.17. The third kappa shape index (κ3) is 2.51. The van der Waals surface area contributed by atoms with Crippen LogP contribution in [0.15, 0.2) is 42.5 Å². The minimum atomic E-state index is -0.338. The molecule has 0 amide bonds. The zero-order valence-corrected chi connectivity index (χ0v) is 15.4. The fourth-order valence-electron chi connectivity index (χ4n) is 4.58. The molecule has 4 heteroatoms. The summed E-state index contributed by atoms with van der Waals surface area (Å²) in [5.41, 5.74) is 4.70. The first kappa shape index (κ1) is 17.5. The lowest BCUT2D eigenvalue weighted by Gasteiger charge is -2.43. The van der Waals surface area contributed by atoms with Gasteiger partial charge in [-0.2, -0.15) is 0 Å². The molecule has 132 valence electrons. The summed E-state index contributed by atoms with van der Waals surface area (Å²) < 4.78 is 0. The summed E-state index contributed by atoms with van der Waals surface area (Å²) in [6.45, 7) is 9.07. The third-order valence-corrected chi connectivity index (χ3v) is 6.31. The molecule has 1 heterocycles. The molecule has 0 aromatic heterocycles. The number of anilines is 1. The van der Waals surface area contributed by atoms with Gasteiger partial charge in [-0.3, -0.25) is 10.1 Å². The lowest BCUT2D eigenvalue weighted by Crippen LogP contribution is -2.49. The summed E-state index contributed by atoms with van der Waals surface area (Å²) in [5.74, 6) is 0. The number of non-ortho nitro benzene ring substituents is 1. The van der Waals surface area contributed by atoms with E-state index in [1.807, 2.05) is 6.07 Å². The van der Waals surface area contributed by atoms with Gasteiger partial charge in [0.1, 0.15) is 0 Å². The van der Waals surface area contributed by atoms with E-state index in [-0.39, 0.29) is 21.6 Å². The van der Waals surface area contributed by atoms with Crippen molar-refractivity contribution in [2.75, 3.05) is 5.32 Å². The van der Waals surface area contributed by atoms with Gasteiger partial charge < -0.3 is 5.32 Å². The largest absolute Gasteiger partial charge is 0.379 e. The molecular weight excluding hydrogens is 312 g/mol. The van der Waals surface area contributed by atoms with Crippen molar-refractivity contribution in [3.05, 3.63) is 58.1 Å². The van der Waals surface area contributed by atoms with E-state index in [2.05, 4.69) is 51.2 Å². The lowest BCUT2D eigenvalue weighted by atomic mass is 9.64. The van der Waals surface area contributed by atoms with Crippen molar-refractivity contribution in [3.8, 4) is 11.1 Å². The van der Waals surface area contributed by atoms with E-state index in [0.717, 1.165) is 30.4 Å². The Bertz CT molecular complexity index is 811. The first-order chi connectivity index (χ1) is 11.9. The fraction of sp³-hybridized carbons (Fsp3) is 0.429. The minimum Gasteiger partial charge on any atom is -0.379 e. The van der Waals surface area contributed by atoms with E-state index in [1.165, 1.54) is 17.3 Å². The summed E-state index contributed by atoms with van der Waals surface area (Å²) in [6, 6.07) is 13.3. The van der Waals surface area contributed by atoms with E-state index < -0.39 is 0 Å². The molecule has 0 fully saturated rings. The lowest BCUT2D eigenvalue weighted by molar-refractivity contribution is -0.384. The maximum atomic E-state index is 11.1. The van der Waals surface area contributed by atoms with Crippen molar-refractivity contribution in [2.45, 2.75) is 57.9 Å². The van der Waals surface area contributed by atoms with Gasteiger partial charge in [-0.25, -0.2) is 0 Å². The van der Waals surface area contributed by atoms with Crippen molar-refractivity contribution in [1.29, 1.82) is 0 Å². The van der Waals surface area contributed by atoms with Gasteiger partial charge >= 0.3 is 0 Å². The van der Waals surface area contributed by atoms with E-state index in [4.69, 9.17) is 0 Å². The van der Waals surface area contributed by atoms with Crippen LogP contribution in [0.25, 0.3) is 11.1 Å². The van der Waals surface area contributed by atoms with Crippen LogP contribution in [0.1, 0.15) is 52.5 Å². The van der Waals surface area contributed by atoms with Gasteiger partial charge in [0.15, 0.2) is 0 Å². The van der Waals surface area contributed by atoms with Crippen LogP contribution in [0.2, 0.25) is 0 Å². The SMILES string of the molecule is CCC1(C)Nc2ccc(-c3cccc([N+](=O)[O-])c3)cc2C1(CC)CC. The molecule has 1 unspecified atom stereocenters. The molecule has 0 saturated heterocycles. The Morgan fingerprint density at radius 1 is 1.00 bits per heavy atom. The second-order valence-electron chi connectivity index (χ2n) is 7.17. The Morgan fingerprint density at radius 3 is 2.28 bits per heavy atom. The number of rotatable bonds is 5. The summed E-state index contributed by atoms with van der Waals surface area (Å²) in [4.78, 5) is 10.7.